The third-order valence-corrected chi connectivity index (χ3v) is 3.63. The van der Waals surface area contributed by atoms with Gasteiger partial charge in [0.25, 0.3) is 0 Å². The zero-order valence-electron chi connectivity index (χ0n) is 12.9. The van der Waals surface area contributed by atoms with Crippen LogP contribution >= 0.6 is 0 Å². The van der Waals surface area contributed by atoms with Gasteiger partial charge < -0.3 is 9.64 Å². The van der Waals surface area contributed by atoms with Gasteiger partial charge in [-0.3, -0.25) is 10.1 Å². The molecule has 0 aliphatic carbocycles. The van der Waals surface area contributed by atoms with E-state index < -0.39 is 24.2 Å². The summed E-state index contributed by atoms with van der Waals surface area (Å²) in [5, 5.41) is 2.41. The third-order valence-electron chi connectivity index (χ3n) is 3.63. The number of carbonyl (C=O) groups is 1. The maximum atomic E-state index is 12.5. The van der Waals surface area contributed by atoms with E-state index >= 15 is 0 Å². The SMILES string of the molecule is CCOC(=O)C1(NCC(F)(F)F)CCN(CC(C)C)CC1. The number of nitrogens with zero attached hydrogens (tertiary/aromatic N) is 1. The van der Waals surface area contributed by atoms with E-state index in [-0.39, 0.29) is 6.61 Å². The molecule has 0 bridgehead atoms. The van der Waals surface area contributed by atoms with E-state index in [1.807, 2.05) is 0 Å². The number of hydrogen-bond donors (Lipinski definition) is 1. The second-order valence-corrected chi connectivity index (χ2v) is 5.97. The Morgan fingerprint density at radius 2 is 1.90 bits per heavy atom. The van der Waals surface area contributed by atoms with E-state index in [1.54, 1.807) is 6.92 Å². The van der Waals surface area contributed by atoms with Crippen molar-refractivity contribution in [1.29, 1.82) is 0 Å². The molecule has 7 heteroatoms. The number of esters is 1. The first kappa shape index (κ1) is 18.2. The lowest BCUT2D eigenvalue weighted by Gasteiger charge is -2.41. The van der Waals surface area contributed by atoms with Gasteiger partial charge in [-0.25, -0.2) is 0 Å². The summed E-state index contributed by atoms with van der Waals surface area (Å²) in [4.78, 5) is 14.3. The van der Waals surface area contributed by atoms with Gasteiger partial charge in [-0.15, -0.1) is 0 Å². The molecular formula is C14H25F3N2O2. The van der Waals surface area contributed by atoms with Crippen LogP contribution in [0, 0.1) is 5.92 Å². The van der Waals surface area contributed by atoms with Crippen LogP contribution in [-0.2, 0) is 9.53 Å². The van der Waals surface area contributed by atoms with Crippen LogP contribution in [0.15, 0.2) is 0 Å². The standard InChI is InChI=1S/C14H25F3N2O2/c1-4-21-12(20)13(18-10-14(15,16)17)5-7-19(8-6-13)9-11(2)3/h11,18H,4-10H2,1-3H3. The van der Waals surface area contributed by atoms with Gasteiger partial charge in [0.2, 0.25) is 0 Å². The molecule has 0 saturated carbocycles. The quantitative estimate of drug-likeness (QED) is 0.764. The molecular weight excluding hydrogens is 285 g/mol. The summed E-state index contributed by atoms with van der Waals surface area (Å²) in [5.41, 5.74) is -1.21. The molecule has 0 amide bonds. The molecule has 0 radical (unpaired) electrons. The average molecular weight is 310 g/mol. The number of likely N-dealkylation sites (tertiary alicyclic amines) is 1. The first-order chi connectivity index (χ1) is 9.68. The van der Waals surface area contributed by atoms with E-state index in [4.69, 9.17) is 4.74 Å². The maximum Gasteiger partial charge on any atom is 0.401 e. The van der Waals surface area contributed by atoms with Crippen LogP contribution < -0.4 is 5.32 Å². The van der Waals surface area contributed by atoms with E-state index in [1.165, 1.54) is 0 Å². The maximum absolute atomic E-state index is 12.5. The zero-order chi connectivity index (χ0) is 16.1. The number of ether oxygens (including phenoxy) is 1. The minimum absolute atomic E-state index is 0.171. The fourth-order valence-corrected chi connectivity index (χ4v) is 2.63. The van der Waals surface area contributed by atoms with E-state index in [9.17, 15) is 18.0 Å². The van der Waals surface area contributed by atoms with Gasteiger partial charge in [0, 0.05) is 19.6 Å². The Balaban J connectivity index is 2.69. The highest BCUT2D eigenvalue weighted by Crippen LogP contribution is 2.26. The number of hydrogen-bond acceptors (Lipinski definition) is 4. The molecule has 0 aromatic rings. The van der Waals surface area contributed by atoms with Gasteiger partial charge in [-0.2, -0.15) is 13.2 Å². The Hall–Kier alpha value is -0.820. The first-order valence-corrected chi connectivity index (χ1v) is 7.40. The molecule has 0 aromatic carbocycles. The van der Waals surface area contributed by atoms with Crippen molar-refractivity contribution in [3.05, 3.63) is 0 Å². The lowest BCUT2D eigenvalue weighted by molar-refractivity contribution is -0.158. The molecule has 1 aliphatic rings. The molecule has 0 unspecified atom stereocenters. The number of nitrogens with one attached hydrogen (secondary N) is 1. The smallest absolute Gasteiger partial charge is 0.401 e. The Kier molecular flexibility index (Phi) is 6.46. The Morgan fingerprint density at radius 1 is 1.33 bits per heavy atom. The molecule has 1 aliphatic heterocycles. The largest absolute Gasteiger partial charge is 0.465 e. The van der Waals surface area contributed by atoms with E-state index in [2.05, 4.69) is 24.1 Å². The predicted octanol–water partition coefficient (Wildman–Crippen LogP) is 2.19. The monoisotopic (exact) mass is 310 g/mol. The van der Waals surface area contributed by atoms with Crippen molar-refractivity contribution in [3.8, 4) is 0 Å². The first-order valence-electron chi connectivity index (χ1n) is 7.40. The van der Waals surface area contributed by atoms with E-state index in [0.29, 0.717) is 31.8 Å². The highest BCUT2D eigenvalue weighted by atomic mass is 19.4. The predicted molar refractivity (Wildman–Crippen MR) is 73.9 cm³/mol. The van der Waals surface area contributed by atoms with Crippen LogP contribution in [0.5, 0.6) is 0 Å². The van der Waals surface area contributed by atoms with Crippen molar-refractivity contribution >= 4 is 5.97 Å². The second-order valence-electron chi connectivity index (χ2n) is 5.97. The molecule has 1 heterocycles. The van der Waals surface area contributed by atoms with Crippen LogP contribution in [0.3, 0.4) is 0 Å². The van der Waals surface area contributed by atoms with Crippen molar-refractivity contribution in [2.75, 3.05) is 32.8 Å². The Morgan fingerprint density at radius 3 is 2.33 bits per heavy atom. The van der Waals surface area contributed by atoms with Crippen molar-refractivity contribution in [1.82, 2.24) is 10.2 Å². The topological polar surface area (TPSA) is 41.6 Å². The Bertz CT molecular complexity index is 338. The summed E-state index contributed by atoms with van der Waals surface area (Å²) in [5.74, 6) is -0.0818. The normalized spacial score (nSPS) is 19.8. The number of alkyl halides is 3. The van der Waals surface area contributed by atoms with Gasteiger partial charge >= 0.3 is 12.1 Å². The summed E-state index contributed by atoms with van der Waals surface area (Å²) >= 11 is 0. The van der Waals surface area contributed by atoms with E-state index in [0.717, 1.165) is 6.54 Å². The van der Waals surface area contributed by atoms with Crippen LogP contribution in [0.1, 0.15) is 33.6 Å². The highest BCUT2D eigenvalue weighted by Gasteiger charge is 2.44. The summed E-state index contributed by atoms with van der Waals surface area (Å²) in [7, 11) is 0. The minimum Gasteiger partial charge on any atom is -0.465 e. The summed E-state index contributed by atoms with van der Waals surface area (Å²) in [6.45, 7) is 6.93. The Labute approximate surface area is 124 Å². The molecule has 124 valence electrons. The molecule has 0 atom stereocenters. The van der Waals surface area contributed by atoms with Crippen molar-refractivity contribution in [3.63, 3.8) is 0 Å². The third kappa shape index (κ3) is 5.82. The fraction of sp³-hybridized carbons (Fsp3) is 0.929. The molecule has 4 nitrogen and oxygen atoms in total. The van der Waals surface area contributed by atoms with Gasteiger partial charge in [0.1, 0.15) is 5.54 Å². The van der Waals surface area contributed by atoms with Gasteiger partial charge in [0.05, 0.1) is 13.2 Å². The molecule has 1 fully saturated rings. The van der Waals surface area contributed by atoms with Crippen molar-refractivity contribution in [2.45, 2.75) is 45.3 Å². The molecule has 1 rings (SSSR count). The zero-order valence-corrected chi connectivity index (χ0v) is 12.9. The lowest BCUT2D eigenvalue weighted by Crippen LogP contribution is -2.60. The molecule has 1 N–H and O–H groups in total. The summed E-state index contributed by atoms with van der Waals surface area (Å²) in [6, 6.07) is 0. The number of halogens is 3. The van der Waals surface area contributed by atoms with Gasteiger partial charge in [-0.05, 0) is 25.7 Å². The second kappa shape index (κ2) is 7.45. The number of carbonyl (C=O) groups excluding carboxylic acids is 1. The molecule has 1 saturated heterocycles. The van der Waals surface area contributed by atoms with Crippen molar-refractivity contribution < 1.29 is 22.7 Å². The molecule has 21 heavy (non-hydrogen) atoms. The highest BCUT2D eigenvalue weighted by molar-refractivity contribution is 5.81. The average Bonchev–Trinajstić information content (AvgIpc) is 2.37. The number of piperidine rings is 1. The van der Waals surface area contributed by atoms with Crippen molar-refractivity contribution in [2.24, 2.45) is 5.92 Å². The summed E-state index contributed by atoms with van der Waals surface area (Å²) in [6.07, 6.45) is -3.65. The van der Waals surface area contributed by atoms with Gasteiger partial charge in [-0.1, -0.05) is 13.8 Å². The molecule has 0 aromatic heterocycles. The molecule has 0 spiro atoms. The van der Waals surface area contributed by atoms with Crippen LogP contribution in [0.4, 0.5) is 13.2 Å². The lowest BCUT2D eigenvalue weighted by atomic mass is 9.87. The van der Waals surface area contributed by atoms with Crippen LogP contribution in [0.25, 0.3) is 0 Å². The van der Waals surface area contributed by atoms with Crippen LogP contribution in [-0.4, -0.2) is 55.4 Å². The fourth-order valence-electron chi connectivity index (χ4n) is 2.63. The minimum atomic E-state index is -4.34. The summed E-state index contributed by atoms with van der Waals surface area (Å²) < 4.78 is 42.3. The number of rotatable bonds is 6. The van der Waals surface area contributed by atoms with Gasteiger partial charge in [0.15, 0.2) is 0 Å². The van der Waals surface area contributed by atoms with Crippen LogP contribution in [0.2, 0.25) is 0 Å².